The molecular formula is C12H15N3S. The van der Waals surface area contributed by atoms with Gasteiger partial charge in [-0.25, -0.2) is 4.98 Å². The normalized spacial score (nSPS) is 16.9. The third kappa shape index (κ3) is 1.53. The van der Waals surface area contributed by atoms with Gasteiger partial charge in [-0.05, 0) is 31.4 Å². The number of aromatic nitrogens is 1. The Kier molecular flexibility index (Phi) is 2.44. The molecule has 1 fully saturated rings. The topological polar surface area (TPSA) is 42.1 Å². The SMILES string of the molecule is Nc1c(N2CCCCC2)ccc2scnc12. The first-order valence-electron chi connectivity index (χ1n) is 5.73. The number of hydrogen-bond donors (Lipinski definition) is 1. The molecule has 2 N–H and O–H groups in total. The zero-order valence-electron chi connectivity index (χ0n) is 9.15. The molecule has 3 nitrogen and oxygen atoms in total. The van der Waals surface area contributed by atoms with Crippen molar-refractivity contribution >= 4 is 32.9 Å². The molecule has 0 aliphatic carbocycles. The van der Waals surface area contributed by atoms with E-state index in [-0.39, 0.29) is 0 Å². The third-order valence-corrected chi connectivity index (χ3v) is 4.01. The van der Waals surface area contributed by atoms with Gasteiger partial charge in [0.25, 0.3) is 0 Å². The molecule has 16 heavy (non-hydrogen) atoms. The number of nitrogens with zero attached hydrogens (tertiary/aromatic N) is 2. The second kappa shape index (κ2) is 3.94. The largest absolute Gasteiger partial charge is 0.395 e. The van der Waals surface area contributed by atoms with Gasteiger partial charge in [-0.2, -0.15) is 0 Å². The number of piperidine rings is 1. The molecule has 0 saturated carbocycles. The summed E-state index contributed by atoms with van der Waals surface area (Å²) in [5.74, 6) is 0. The first kappa shape index (κ1) is 9.90. The summed E-state index contributed by atoms with van der Waals surface area (Å²) < 4.78 is 1.18. The predicted octanol–water partition coefficient (Wildman–Crippen LogP) is 2.87. The van der Waals surface area contributed by atoms with E-state index in [0.29, 0.717) is 0 Å². The van der Waals surface area contributed by atoms with Crippen molar-refractivity contribution in [2.75, 3.05) is 23.7 Å². The van der Waals surface area contributed by atoms with Crippen LogP contribution in [0.5, 0.6) is 0 Å². The van der Waals surface area contributed by atoms with Crippen LogP contribution in [0.4, 0.5) is 11.4 Å². The molecule has 0 unspecified atom stereocenters. The van der Waals surface area contributed by atoms with Gasteiger partial charge in [-0.15, -0.1) is 11.3 Å². The van der Waals surface area contributed by atoms with Crippen molar-refractivity contribution in [3.63, 3.8) is 0 Å². The van der Waals surface area contributed by atoms with Crippen LogP contribution < -0.4 is 10.6 Å². The van der Waals surface area contributed by atoms with E-state index in [0.717, 1.165) is 30.0 Å². The number of hydrogen-bond acceptors (Lipinski definition) is 4. The van der Waals surface area contributed by atoms with Crippen molar-refractivity contribution in [2.24, 2.45) is 0 Å². The highest BCUT2D eigenvalue weighted by molar-refractivity contribution is 7.16. The second-order valence-electron chi connectivity index (χ2n) is 4.25. The molecule has 0 radical (unpaired) electrons. The zero-order valence-corrected chi connectivity index (χ0v) is 9.96. The van der Waals surface area contributed by atoms with Gasteiger partial charge < -0.3 is 10.6 Å². The smallest absolute Gasteiger partial charge is 0.106 e. The highest BCUT2D eigenvalue weighted by Gasteiger charge is 2.15. The number of benzene rings is 1. The fraction of sp³-hybridized carbons (Fsp3) is 0.417. The van der Waals surface area contributed by atoms with Crippen LogP contribution in [-0.2, 0) is 0 Å². The average Bonchev–Trinajstić information content (AvgIpc) is 2.80. The molecule has 84 valence electrons. The van der Waals surface area contributed by atoms with Crippen LogP contribution in [0, 0.1) is 0 Å². The first-order chi connectivity index (χ1) is 7.86. The minimum Gasteiger partial charge on any atom is -0.395 e. The molecule has 2 heterocycles. The summed E-state index contributed by atoms with van der Waals surface area (Å²) in [5.41, 5.74) is 11.0. The van der Waals surface area contributed by atoms with Gasteiger partial charge in [0.1, 0.15) is 5.52 Å². The van der Waals surface area contributed by atoms with Gasteiger partial charge in [-0.1, -0.05) is 0 Å². The molecule has 1 aliphatic heterocycles. The Morgan fingerprint density at radius 1 is 1.19 bits per heavy atom. The van der Waals surface area contributed by atoms with Crippen LogP contribution in [-0.4, -0.2) is 18.1 Å². The van der Waals surface area contributed by atoms with Crippen LogP contribution in [0.2, 0.25) is 0 Å². The van der Waals surface area contributed by atoms with Crippen molar-refractivity contribution in [3.8, 4) is 0 Å². The molecule has 0 amide bonds. The predicted molar refractivity (Wildman–Crippen MR) is 70.1 cm³/mol. The maximum atomic E-state index is 6.20. The van der Waals surface area contributed by atoms with Gasteiger partial charge in [0.15, 0.2) is 0 Å². The van der Waals surface area contributed by atoms with E-state index in [1.165, 1.54) is 24.0 Å². The lowest BCUT2D eigenvalue weighted by atomic mass is 10.1. The monoisotopic (exact) mass is 233 g/mol. The maximum absolute atomic E-state index is 6.20. The molecule has 1 saturated heterocycles. The van der Waals surface area contributed by atoms with Crippen molar-refractivity contribution in [3.05, 3.63) is 17.6 Å². The van der Waals surface area contributed by atoms with Crippen molar-refractivity contribution < 1.29 is 0 Å². The number of nitrogen functional groups attached to an aromatic ring is 1. The summed E-state index contributed by atoms with van der Waals surface area (Å²) in [6.45, 7) is 2.25. The summed E-state index contributed by atoms with van der Waals surface area (Å²) >= 11 is 1.65. The summed E-state index contributed by atoms with van der Waals surface area (Å²) in [5, 5.41) is 0. The maximum Gasteiger partial charge on any atom is 0.106 e. The molecule has 1 aromatic carbocycles. The summed E-state index contributed by atoms with van der Waals surface area (Å²) in [4.78, 5) is 6.73. The van der Waals surface area contributed by atoms with E-state index in [2.05, 4.69) is 22.0 Å². The Balaban J connectivity index is 2.05. The van der Waals surface area contributed by atoms with Crippen LogP contribution >= 0.6 is 11.3 Å². The van der Waals surface area contributed by atoms with Gasteiger partial charge in [0, 0.05) is 13.1 Å². The molecule has 0 atom stereocenters. The number of rotatable bonds is 1. The molecule has 0 bridgehead atoms. The molecule has 1 aliphatic rings. The first-order valence-corrected chi connectivity index (χ1v) is 6.61. The van der Waals surface area contributed by atoms with Crippen molar-refractivity contribution in [1.29, 1.82) is 0 Å². The van der Waals surface area contributed by atoms with E-state index in [1.807, 2.05) is 5.51 Å². The van der Waals surface area contributed by atoms with E-state index < -0.39 is 0 Å². The Labute approximate surface area is 98.9 Å². The molecule has 3 rings (SSSR count). The molecule has 0 spiro atoms. The van der Waals surface area contributed by atoms with E-state index in [1.54, 1.807) is 11.3 Å². The van der Waals surface area contributed by atoms with Crippen LogP contribution in [0.25, 0.3) is 10.2 Å². The van der Waals surface area contributed by atoms with Gasteiger partial charge in [-0.3, -0.25) is 0 Å². The molecule has 2 aromatic rings. The lowest BCUT2D eigenvalue weighted by Crippen LogP contribution is -2.30. The van der Waals surface area contributed by atoms with Gasteiger partial charge >= 0.3 is 0 Å². The minimum absolute atomic E-state index is 0.848. The quantitative estimate of drug-likeness (QED) is 0.770. The fourth-order valence-corrected chi connectivity index (χ4v) is 3.04. The van der Waals surface area contributed by atoms with Crippen molar-refractivity contribution in [1.82, 2.24) is 4.98 Å². The minimum atomic E-state index is 0.848. The van der Waals surface area contributed by atoms with Gasteiger partial charge in [0.05, 0.1) is 21.6 Å². The summed E-state index contributed by atoms with van der Waals surface area (Å²) in [7, 11) is 0. The lowest BCUT2D eigenvalue weighted by Gasteiger charge is -2.29. The zero-order chi connectivity index (χ0) is 11.0. The van der Waals surface area contributed by atoms with Gasteiger partial charge in [0.2, 0.25) is 0 Å². The number of thiazole rings is 1. The lowest BCUT2D eigenvalue weighted by molar-refractivity contribution is 0.578. The van der Waals surface area contributed by atoms with E-state index >= 15 is 0 Å². The number of nitrogens with two attached hydrogens (primary N) is 1. The highest BCUT2D eigenvalue weighted by atomic mass is 32.1. The van der Waals surface area contributed by atoms with Crippen LogP contribution in [0.3, 0.4) is 0 Å². The summed E-state index contributed by atoms with van der Waals surface area (Å²) in [6, 6.07) is 4.27. The Bertz CT molecular complexity index is 500. The van der Waals surface area contributed by atoms with E-state index in [9.17, 15) is 0 Å². The van der Waals surface area contributed by atoms with Crippen LogP contribution in [0.15, 0.2) is 17.6 Å². The third-order valence-electron chi connectivity index (χ3n) is 3.22. The molecular weight excluding hydrogens is 218 g/mol. The number of anilines is 2. The Morgan fingerprint density at radius 2 is 2.00 bits per heavy atom. The molecule has 1 aromatic heterocycles. The number of fused-ring (bicyclic) bond motifs is 1. The van der Waals surface area contributed by atoms with Crippen LogP contribution in [0.1, 0.15) is 19.3 Å². The van der Waals surface area contributed by atoms with Crippen molar-refractivity contribution in [2.45, 2.75) is 19.3 Å². The second-order valence-corrected chi connectivity index (χ2v) is 5.13. The standard InChI is InChI=1S/C12H15N3S/c13-11-9(15-6-2-1-3-7-15)4-5-10-12(11)14-8-16-10/h4-5,8H,1-3,6-7,13H2. The summed E-state index contributed by atoms with van der Waals surface area (Å²) in [6.07, 6.45) is 3.89. The Hall–Kier alpha value is -1.29. The Morgan fingerprint density at radius 3 is 2.81 bits per heavy atom. The highest BCUT2D eigenvalue weighted by Crippen LogP contribution is 2.33. The molecule has 4 heteroatoms. The van der Waals surface area contributed by atoms with E-state index in [4.69, 9.17) is 5.73 Å². The fourth-order valence-electron chi connectivity index (χ4n) is 2.35. The average molecular weight is 233 g/mol.